The fourth-order valence-electron chi connectivity index (χ4n) is 9.30. The molecular formula is C42H57ClN4O8S. The van der Waals surface area contributed by atoms with Crippen molar-refractivity contribution in [3.63, 3.8) is 0 Å². The maximum Gasteiger partial charge on any atom is 0.264 e. The monoisotopic (exact) mass is 812 g/mol. The summed E-state index contributed by atoms with van der Waals surface area (Å²) in [5.74, 6) is -0.203. The van der Waals surface area contributed by atoms with Gasteiger partial charge < -0.3 is 29.2 Å². The molecular weight excluding hydrogens is 756 g/mol. The number of hydrogen-bond acceptors (Lipinski definition) is 11. The van der Waals surface area contributed by atoms with Gasteiger partial charge in [0.15, 0.2) is 12.6 Å². The average Bonchev–Trinajstić information content (AvgIpc) is 3.65. The number of piperazine rings is 1. The number of allylic oxidation sites excluding steroid dienone is 1. The molecule has 2 aromatic rings. The van der Waals surface area contributed by atoms with Crippen LogP contribution in [0.15, 0.2) is 48.6 Å². The highest BCUT2D eigenvalue weighted by molar-refractivity contribution is 7.90. The van der Waals surface area contributed by atoms with E-state index in [9.17, 15) is 18.0 Å². The molecule has 4 heterocycles. The van der Waals surface area contributed by atoms with E-state index in [1.807, 2.05) is 25.1 Å². The highest BCUT2D eigenvalue weighted by Gasteiger charge is 2.49. The van der Waals surface area contributed by atoms with Crippen LogP contribution in [-0.2, 0) is 40.9 Å². The zero-order chi connectivity index (χ0) is 39.5. The smallest absolute Gasteiger partial charge is 0.264 e. The number of aldehydes is 1. The topological polar surface area (TPSA) is 136 Å². The second kappa shape index (κ2) is 17.4. The number of sulfonamides is 1. The van der Waals surface area contributed by atoms with Crippen LogP contribution in [0.4, 0.5) is 5.69 Å². The molecule has 2 bridgehead atoms. The molecule has 6 atom stereocenters. The van der Waals surface area contributed by atoms with Crippen molar-refractivity contribution in [2.24, 2.45) is 17.8 Å². The Morgan fingerprint density at radius 2 is 1.86 bits per heavy atom. The van der Waals surface area contributed by atoms with Gasteiger partial charge in [0.1, 0.15) is 11.4 Å². The summed E-state index contributed by atoms with van der Waals surface area (Å²) >= 11 is 6.40. The van der Waals surface area contributed by atoms with E-state index < -0.39 is 26.8 Å². The van der Waals surface area contributed by atoms with Crippen LogP contribution in [0.25, 0.3) is 0 Å². The lowest BCUT2D eigenvalue weighted by Gasteiger charge is -2.48. The lowest BCUT2D eigenvalue weighted by Crippen LogP contribution is -2.53. The fourth-order valence-corrected chi connectivity index (χ4v) is 10.8. The van der Waals surface area contributed by atoms with Crippen LogP contribution in [0.5, 0.6) is 5.75 Å². The fraction of sp³-hybridized carbons (Fsp3) is 0.619. The first kappa shape index (κ1) is 41.1. The molecule has 12 nitrogen and oxygen atoms in total. The van der Waals surface area contributed by atoms with E-state index >= 15 is 0 Å². The first-order valence-corrected chi connectivity index (χ1v) is 22.1. The third-order valence-electron chi connectivity index (χ3n) is 13.0. The van der Waals surface area contributed by atoms with Crippen molar-refractivity contribution in [3.05, 3.63) is 70.3 Å². The van der Waals surface area contributed by atoms with Gasteiger partial charge in [0.2, 0.25) is 10.0 Å². The predicted molar refractivity (Wildman–Crippen MR) is 216 cm³/mol. The maximum atomic E-state index is 13.4. The Kier molecular flexibility index (Phi) is 12.8. The van der Waals surface area contributed by atoms with Crippen molar-refractivity contribution in [1.82, 2.24) is 14.9 Å². The van der Waals surface area contributed by atoms with Crippen LogP contribution < -0.4 is 19.7 Å². The molecule has 1 saturated carbocycles. The van der Waals surface area contributed by atoms with Gasteiger partial charge in [-0.1, -0.05) is 30.7 Å². The van der Waals surface area contributed by atoms with Crippen molar-refractivity contribution < 1.29 is 37.0 Å². The van der Waals surface area contributed by atoms with Crippen molar-refractivity contribution >= 4 is 39.5 Å². The molecule has 56 heavy (non-hydrogen) atoms. The first-order chi connectivity index (χ1) is 27.0. The molecule has 0 radical (unpaired) electrons. The molecule has 14 heteroatoms. The molecule has 306 valence electrons. The summed E-state index contributed by atoms with van der Waals surface area (Å²) in [6, 6.07) is 11.3. The third kappa shape index (κ3) is 8.69. The highest BCUT2D eigenvalue weighted by Crippen LogP contribution is 2.48. The summed E-state index contributed by atoms with van der Waals surface area (Å²) in [4.78, 5) is 30.8. The molecule has 0 aromatic heterocycles. The molecule has 2 aromatic carbocycles. The van der Waals surface area contributed by atoms with Gasteiger partial charge in [-0.25, -0.2) is 13.1 Å². The number of ether oxygens (including phenoxy) is 4. The normalized spacial score (nSPS) is 32.6. The number of methoxy groups -OCH3 is 1. The lowest BCUT2D eigenvalue weighted by atomic mass is 9.64. The number of nitrogens with one attached hydrogen (secondary N) is 2. The van der Waals surface area contributed by atoms with Crippen molar-refractivity contribution in [3.8, 4) is 5.75 Å². The minimum atomic E-state index is -3.97. The van der Waals surface area contributed by atoms with Gasteiger partial charge in [-0.05, 0) is 105 Å². The number of carbonyl (C=O) groups excluding carboxylic acids is 2. The minimum Gasteiger partial charge on any atom is -0.490 e. The predicted octanol–water partition coefficient (Wildman–Crippen LogP) is 4.73. The number of amides is 1. The number of benzene rings is 2. The van der Waals surface area contributed by atoms with Gasteiger partial charge in [0.25, 0.3) is 5.91 Å². The highest BCUT2D eigenvalue weighted by atomic mass is 35.5. The van der Waals surface area contributed by atoms with Gasteiger partial charge in [0.05, 0.1) is 30.8 Å². The van der Waals surface area contributed by atoms with Gasteiger partial charge >= 0.3 is 0 Å². The number of halogens is 1. The minimum absolute atomic E-state index is 0.0306. The Labute approximate surface area is 336 Å². The zero-order valence-corrected chi connectivity index (χ0v) is 34.4. The quantitative estimate of drug-likeness (QED) is 0.328. The van der Waals surface area contributed by atoms with E-state index in [4.69, 9.17) is 30.5 Å². The second-order valence-electron chi connectivity index (χ2n) is 16.4. The van der Waals surface area contributed by atoms with Gasteiger partial charge in [-0.3, -0.25) is 14.5 Å². The number of fused-ring (bicyclic) bond motifs is 4. The summed E-state index contributed by atoms with van der Waals surface area (Å²) in [6.07, 6.45) is 9.68. The van der Waals surface area contributed by atoms with E-state index in [-0.39, 0.29) is 35.0 Å². The van der Waals surface area contributed by atoms with E-state index in [0.717, 1.165) is 90.0 Å². The molecule has 2 saturated heterocycles. The Morgan fingerprint density at radius 3 is 2.57 bits per heavy atom. The SMILES string of the molecule is C1CN(CC2OCCO2)CCN1.CO[C@@]1(C=O)/C=C/C[C@H](C)[C@@H](C)S(=O)(=O)NC(=O)c2ccc3c(c2)N(C[C@@H]2CC[C@H]21)C[C@@]1(CCCc2cc(Cl)ccc21)CO3. The summed E-state index contributed by atoms with van der Waals surface area (Å²) in [6.45, 7) is 12.0. The van der Waals surface area contributed by atoms with E-state index in [1.165, 1.54) is 11.1 Å². The summed E-state index contributed by atoms with van der Waals surface area (Å²) < 4.78 is 52.1. The molecule has 8 rings (SSSR count). The van der Waals surface area contributed by atoms with Crippen LogP contribution in [-0.4, -0.2) is 115 Å². The number of rotatable bonds is 4. The van der Waals surface area contributed by atoms with Crippen molar-refractivity contribution in [2.75, 3.05) is 77.6 Å². The van der Waals surface area contributed by atoms with E-state index in [1.54, 1.807) is 32.2 Å². The van der Waals surface area contributed by atoms with Crippen LogP contribution in [0.3, 0.4) is 0 Å². The molecule has 1 amide bonds. The number of nitrogens with zero attached hydrogens (tertiary/aromatic N) is 2. The third-order valence-corrected chi connectivity index (χ3v) is 15.2. The zero-order valence-electron chi connectivity index (χ0n) is 32.8. The second-order valence-corrected chi connectivity index (χ2v) is 18.9. The van der Waals surface area contributed by atoms with Crippen molar-refractivity contribution in [2.45, 2.75) is 74.9 Å². The maximum absolute atomic E-state index is 13.4. The Bertz CT molecular complexity index is 1870. The largest absolute Gasteiger partial charge is 0.490 e. The lowest BCUT2D eigenvalue weighted by molar-refractivity contribution is -0.135. The Balaban J connectivity index is 0.000000339. The van der Waals surface area contributed by atoms with Gasteiger partial charge in [-0.2, -0.15) is 0 Å². The number of aryl methyl sites for hydroxylation is 1. The molecule has 4 aliphatic heterocycles. The number of carbonyl (C=O) groups is 2. The summed E-state index contributed by atoms with van der Waals surface area (Å²) in [5.41, 5.74) is 2.05. The Hall–Kier alpha value is -3.04. The first-order valence-electron chi connectivity index (χ1n) is 20.2. The van der Waals surface area contributed by atoms with E-state index in [2.05, 4.69) is 32.0 Å². The van der Waals surface area contributed by atoms with Crippen LogP contribution >= 0.6 is 11.6 Å². The van der Waals surface area contributed by atoms with Crippen LogP contribution in [0.2, 0.25) is 5.02 Å². The molecule has 6 aliphatic rings. The molecule has 2 aliphatic carbocycles. The van der Waals surface area contributed by atoms with Crippen LogP contribution in [0.1, 0.15) is 67.4 Å². The standard InChI is InChI=1S/C34H41ClN2O6S.C8H16N2O2/c1-22-6-4-15-34(20-38,42-3)29-11-8-26(29)18-37-19-33(14-5-7-24-16-27(35)10-12-28(24)33)21-43-31-13-9-25(17-30(31)37)32(39)36-44(40,41)23(22)2;1-3-10(4-2-9-1)7-8-11-5-6-12-8/h4,9-10,12-13,15-17,20,22-23,26,29H,5-8,11,14,18-19,21H2,1-3H3,(H,36,39);8-9H,1-7H2/b15-4+;/t22-,23+,26-,29+,33-,34+;/m0./s1. The molecule has 0 unspecified atom stereocenters. The summed E-state index contributed by atoms with van der Waals surface area (Å²) in [5, 5.41) is 3.19. The molecule has 3 fully saturated rings. The van der Waals surface area contributed by atoms with Crippen LogP contribution in [0, 0.1) is 17.8 Å². The summed E-state index contributed by atoms with van der Waals surface area (Å²) in [7, 11) is -2.41. The number of anilines is 1. The van der Waals surface area contributed by atoms with Crippen molar-refractivity contribution in [1.29, 1.82) is 0 Å². The van der Waals surface area contributed by atoms with Gasteiger partial charge in [-0.15, -0.1) is 0 Å². The Morgan fingerprint density at radius 1 is 1.07 bits per heavy atom. The van der Waals surface area contributed by atoms with E-state index in [0.29, 0.717) is 36.9 Å². The number of hydrogen-bond donors (Lipinski definition) is 2. The molecule has 2 N–H and O–H groups in total. The molecule has 1 spiro atoms. The average molecular weight is 813 g/mol. The van der Waals surface area contributed by atoms with Gasteiger partial charge in [0, 0.05) is 74.8 Å².